The number of nitrogens with one attached hydrogen (secondary N) is 3. The van der Waals surface area contributed by atoms with Crippen LogP contribution in [0.2, 0.25) is 0 Å². The normalized spacial score (nSPS) is 10.4. The molecule has 0 aliphatic carbocycles. The number of halogens is 1. The molecule has 0 spiro atoms. The van der Waals surface area contributed by atoms with Crippen LogP contribution in [0.1, 0.15) is 34.6 Å². The molecule has 0 fully saturated rings. The fraction of sp³-hybridized carbons (Fsp3) is 0.263. The molecule has 0 saturated heterocycles. The van der Waals surface area contributed by atoms with Gasteiger partial charge < -0.3 is 16.0 Å². The van der Waals surface area contributed by atoms with Crippen LogP contribution in [0.4, 0.5) is 10.2 Å². The highest BCUT2D eigenvalue weighted by Gasteiger charge is 2.12. The van der Waals surface area contributed by atoms with Crippen LogP contribution < -0.4 is 16.0 Å². The van der Waals surface area contributed by atoms with Crippen LogP contribution in [0.5, 0.6) is 0 Å². The van der Waals surface area contributed by atoms with Crippen molar-refractivity contribution in [2.75, 3.05) is 18.4 Å². The van der Waals surface area contributed by atoms with E-state index in [9.17, 15) is 18.8 Å². The molecule has 27 heavy (non-hydrogen) atoms. The van der Waals surface area contributed by atoms with Gasteiger partial charge in [0.1, 0.15) is 11.6 Å². The topological polar surface area (TPSA) is 100 Å². The molecule has 0 bridgehead atoms. The maximum absolute atomic E-state index is 13.5. The minimum atomic E-state index is -0.605. The summed E-state index contributed by atoms with van der Waals surface area (Å²) in [4.78, 5) is 39.7. The van der Waals surface area contributed by atoms with E-state index in [0.29, 0.717) is 5.56 Å². The maximum atomic E-state index is 13.5. The van der Waals surface area contributed by atoms with Crippen molar-refractivity contribution in [3.8, 4) is 0 Å². The molecule has 0 aliphatic heterocycles. The number of aromatic nitrogens is 1. The average molecular weight is 372 g/mol. The maximum Gasteiger partial charge on any atom is 0.254 e. The Labute approximate surface area is 156 Å². The van der Waals surface area contributed by atoms with Crippen molar-refractivity contribution in [2.24, 2.45) is 5.92 Å². The Kier molecular flexibility index (Phi) is 6.99. The predicted octanol–water partition coefficient (Wildman–Crippen LogP) is 1.97. The second-order valence-corrected chi connectivity index (χ2v) is 6.07. The van der Waals surface area contributed by atoms with Crippen LogP contribution in [0.25, 0.3) is 0 Å². The van der Waals surface area contributed by atoms with Gasteiger partial charge in [-0.15, -0.1) is 0 Å². The zero-order valence-electron chi connectivity index (χ0n) is 15.1. The minimum Gasteiger partial charge on any atom is -0.350 e. The number of nitrogens with zero attached hydrogens (tertiary/aromatic N) is 1. The Balaban J connectivity index is 1.83. The molecule has 3 amide bonds. The van der Waals surface area contributed by atoms with Crippen LogP contribution in [-0.4, -0.2) is 35.8 Å². The molecule has 0 aliphatic rings. The Hall–Kier alpha value is -3.29. The minimum absolute atomic E-state index is 0.0523. The molecule has 0 radical (unpaired) electrons. The second kappa shape index (κ2) is 9.42. The molecule has 0 saturated carbocycles. The van der Waals surface area contributed by atoms with Crippen LogP contribution in [0.3, 0.4) is 0 Å². The van der Waals surface area contributed by atoms with E-state index in [2.05, 4.69) is 20.9 Å². The van der Waals surface area contributed by atoms with E-state index >= 15 is 0 Å². The summed E-state index contributed by atoms with van der Waals surface area (Å²) in [5, 5.41) is 7.79. The van der Waals surface area contributed by atoms with Crippen molar-refractivity contribution in [2.45, 2.75) is 13.8 Å². The molecule has 1 aromatic heterocycles. The van der Waals surface area contributed by atoms with Gasteiger partial charge in [0.25, 0.3) is 11.8 Å². The molecule has 2 aromatic rings. The van der Waals surface area contributed by atoms with E-state index in [1.54, 1.807) is 19.9 Å². The average Bonchev–Trinajstić information content (AvgIpc) is 2.65. The number of anilines is 1. The number of hydrogen-bond acceptors (Lipinski definition) is 4. The van der Waals surface area contributed by atoms with Crippen molar-refractivity contribution < 1.29 is 18.8 Å². The lowest BCUT2D eigenvalue weighted by molar-refractivity contribution is -0.118. The number of benzene rings is 1. The van der Waals surface area contributed by atoms with Gasteiger partial charge in [0.05, 0.1) is 5.56 Å². The lowest BCUT2D eigenvalue weighted by Gasteiger charge is -2.09. The van der Waals surface area contributed by atoms with E-state index < -0.39 is 11.7 Å². The van der Waals surface area contributed by atoms with Crippen LogP contribution >= 0.6 is 0 Å². The number of amides is 3. The molecule has 1 heterocycles. The van der Waals surface area contributed by atoms with Crippen molar-refractivity contribution in [3.05, 3.63) is 59.5 Å². The van der Waals surface area contributed by atoms with E-state index in [1.807, 2.05) is 0 Å². The molecule has 0 atom stereocenters. The first kappa shape index (κ1) is 20.0. The fourth-order valence-electron chi connectivity index (χ4n) is 2.11. The number of hydrogen-bond donors (Lipinski definition) is 3. The third-order valence-electron chi connectivity index (χ3n) is 3.61. The predicted molar refractivity (Wildman–Crippen MR) is 98.8 cm³/mol. The molecule has 142 valence electrons. The van der Waals surface area contributed by atoms with Gasteiger partial charge in [0, 0.05) is 30.8 Å². The van der Waals surface area contributed by atoms with Crippen LogP contribution in [0.15, 0.2) is 42.6 Å². The summed E-state index contributed by atoms with van der Waals surface area (Å²) in [6.45, 7) is 3.80. The summed E-state index contributed by atoms with van der Waals surface area (Å²) >= 11 is 0. The standard InChI is InChI=1S/C19H21FN4O3/c1-12(2)17(25)24-16-11-13(7-8-21-16)18(26)22-9-10-23-19(27)14-5-3-4-6-15(14)20/h3-8,11-12H,9-10H2,1-2H3,(H,22,26)(H,23,27)(H,21,24,25). The van der Waals surface area contributed by atoms with Gasteiger partial charge in [0.15, 0.2) is 0 Å². The monoisotopic (exact) mass is 372 g/mol. The Bertz CT molecular complexity index is 839. The molecular weight excluding hydrogens is 351 g/mol. The number of pyridine rings is 1. The first-order chi connectivity index (χ1) is 12.9. The molecule has 2 rings (SSSR count). The lowest BCUT2D eigenvalue weighted by Crippen LogP contribution is -2.35. The van der Waals surface area contributed by atoms with Gasteiger partial charge in [-0.25, -0.2) is 9.37 Å². The van der Waals surface area contributed by atoms with Crippen molar-refractivity contribution >= 4 is 23.5 Å². The Morgan fingerprint density at radius 3 is 2.37 bits per heavy atom. The molecule has 1 aromatic carbocycles. The zero-order valence-corrected chi connectivity index (χ0v) is 15.1. The first-order valence-corrected chi connectivity index (χ1v) is 8.46. The number of carbonyl (C=O) groups is 3. The summed E-state index contributed by atoms with van der Waals surface area (Å²) in [5.74, 6) is -1.65. The van der Waals surface area contributed by atoms with Gasteiger partial charge in [-0.3, -0.25) is 14.4 Å². The Morgan fingerprint density at radius 1 is 1.04 bits per heavy atom. The number of rotatable bonds is 7. The largest absolute Gasteiger partial charge is 0.350 e. The molecule has 0 unspecified atom stereocenters. The van der Waals surface area contributed by atoms with Crippen LogP contribution in [0, 0.1) is 11.7 Å². The molecular formula is C19H21FN4O3. The lowest BCUT2D eigenvalue weighted by atomic mass is 10.2. The van der Waals surface area contributed by atoms with Gasteiger partial charge in [-0.05, 0) is 24.3 Å². The SMILES string of the molecule is CC(C)C(=O)Nc1cc(C(=O)NCCNC(=O)c2ccccc2F)ccn1. The molecule has 8 heteroatoms. The van der Waals surface area contributed by atoms with Gasteiger partial charge in [0.2, 0.25) is 5.91 Å². The number of carbonyl (C=O) groups excluding carboxylic acids is 3. The van der Waals surface area contributed by atoms with Crippen LogP contribution in [-0.2, 0) is 4.79 Å². The fourth-order valence-corrected chi connectivity index (χ4v) is 2.11. The summed E-state index contributed by atoms with van der Waals surface area (Å²) in [7, 11) is 0. The van der Waals surface area contributed by atoms with Crippen molar-refractivity contribution in [1.82, 2.24) is 15.6 Å². The van der Waals surface area contributed by atoms with E-state index in [0.717, 1.165) is 0 Å². The highest BCUT2D eigenvalue weighted by molar-refractivity contribution is 5.97. The van der Waals surface area contributed by atoms with Gasteiger partial charge in [-0.1, -0.05) is 26.0 Å². The third-order valence-corrected chi connectivity index (χ3v) is 3.61. The second-order valence-electron chi connectivity index (χ2n) is 6.07. The first-order valence-electron chi connectivity index (χ1n) is 8.46. The van der Waals surface area contributed by atoms with Gasteiger partial charge >= 0.3 is 0 Å². The Morgan fingerprint density at radius 2 is 1.70 bits per heavy atom. The van der Waals surface area contributed by atoms with Crippen molar-refractivity contribution in [1.29, 1.82) is 0 Å². The zero-order chi connectivity index (χ0) is 19.8. The highest BCUT2D eigenvalue weighted by Crippen LogP contribution is 2.08. The summed E-state index contributed by atoms with van der Waals surface area (Å²) in [6.07, 6.45) is 1.42. The molecule has 7 nitrogen and oxygen atoms in total. The van der Waals surface area contributed by atoms with E-state index in [1.165, 1.54) is 36.5 Å². The third kappa shape index (κ3) is 5.88. The summed E-state index contributed by atoms with van der Waals surface area (Å²) < 4.78 is 13.5. The van der Waals surface area contributed by atoms with E-state index in [-0.39, 0.29) is 42.2 Å². The van der Waals surface area contributed by atoms with Crippen molar-refractivity contribution in [3.63, 3.8) is 0 Å². The summed E-state index contributed by atoms with van der Waals surface area (Å²) in [6, 6.07) is 8.63. The van der Waals surface area contributed by atoms with E-state index in [4.69, 9.17) is 0 Å². The van der Waals surface area contributed by atoms with Gasteiger partial charge in [-0.2, -0.15) is 0 Å². The summed E-state index contributed by atoms with van der Waals surface area (Å²) in [5.41, 5.74) is 0.271. The molecule has 3 N–H and O–H groups in total. The quantitative estimate of drug-likeness (QED) is 0.647. The smallest absolute Gasteiger partial charge is 0.254 e. The highest BCUT2D eigenvalue weighted by atomic mass is 19.1.